The fourth-order valence-corrected chi connectivity index (χ4v) is 6.36. The average Bonchev–Trinajstić information content (AvgIpc) is 3.08. The Morgan fingerprint density at radius 1 is 0.333 bits per heavy atom. The standard InChI is InChI=1S/C39H25N3/c1-2-13-26(14-3-1)27-15-4-5-16-28(27)37-25-40-42-41-39(37)36-22-11-9-20-32(36)35-24-12-23-34-31-18-7-6-17-29(31)30-19-8-10-21-33(30)38(34)35/h1-25H. The molecule has 7 aromatic carbocycles. The number of benzene rings is 7. The van der Waals surface area contributed by atoms with Gasteiger partial charge in [-0.3, -0.25) is 0 Å². The van der Waals surface area contributed by atoms with E-state index in [2.05, 4.69) is 155 Å². The lowest BCUT2D eigenvalue weighted by Crippen LogP contribution is -1.98. The third-order valence-electron chi connectivity index (χ3n) is 8.18. The molecule has 0 aliphatic rings. The van der Waals surface area contributed by atoms with Crippen molar-refractivity contribution in [3.05, 3.63) is 152 Å². The van der Waals surface area contributed by atoms with Gasteiger partial charge in [-0.05, 0) is 65.3 Å². The number of fused-ring (bicyclic) bond motifs is 6. The number of nitrogens with zero attached hydrogens (tertiary/aromatic N) is 3. The highest BCUT2D eigenvalue weighted by Gasteiger charge is 2.19. The van der Waals surface area contributed by atoms with Crippen LogP contribution in [0.1, 0.15) is 0 Å². The maximum Gasteiger partial charge on any atom is 0.105 e. The molecule has 1 heterocycles. The highest BCUT2D eigenvalue weighted by Crippen LogP contribution is 2.44. The Kier molecular flexibility index (Phi) is 5.79. The zero-order chi connectivity index (χ0) is 27.9. The maximum absolute atomic E-state index is 4.68. The van der Waals surface area contributed by atoms with Crippen LogP contribution >= 0.6 is 0 Å². The lowest BCUT2D eigenvalue weighted by atomic mass is 9.86. The van der Waals surface area contributed by atoms with E-state index in [1.54, 1.807) is 0 Å². The molecule has 0 aliphatic carbocycles. The third kappa shape index (κ3) is 3.87. The van der Waals surface area contributed by atoms with E-state index in [1.165, 1.54) is 37.9 Å². The Bertz CT molecular complexity index is 2210. The van der Waals surface area contributed by atoms with Crippen molar-refractivity contribution in [2.24, 2.45) is 0 Å². The summed E-state index contributed by atoms with van der Waals surface area (Å²) < 4.78 is 0. The molecule has 0 atom stereocenters. The van der Waals surface area contributed by atoms with Crippen molar-refractivity contribution in [1.29, 1.82) is 0 Å². The van der Waals surface area contributed by atoms with E-state index < -0.39 is 0 Å². The van der Waals surface area contributed by atoms with Crippen molar-refractivity contribution in [2.45, 2.75) is 0 Å². The molecular formula is C39H25N3. The zero-order valence-electron chi connectivity index (χ0n) is 22.8. The second-order valence-electron chi connectivity index (χ2n) is 10.5. The lowest BCUT2D eigenvalue weighted by Gasteiger charge is -2.18. The van der Waals surface area contributed by atoms with Gasteiger partial charge < -0.3 is 0 Å². The molecule has 42 heavy (non-hydrogen) atoms. The van der Waals surface area contributed by atoms with Gasteiger partial charge in [0.05, 0.1) is 6.20 Å². The molecule has 0 spiro atoms. The molecule has 0 aliphatic heterocycles. The van der Waals surface area contributed by atoms with Crippen LogP contribution < -0.4 is 0 Å². The second kappa shape index (κ2) is 10.1. The molecule has 0 unspecified atom stereocenters. The summed E-state index contributed by atoms with van der Waals surface area (Å²) in [6, 6.07) is 51.5. The maximum atomic E-state index is 4.68. The molecule has 196 valence electrons. The first-order valence-electron chi connectivity index (χ1n) is 14.1. The molecule has 8 rings (SSSR count). The van der Waals surface area contributed by atoms with Crippen LogP contribution in [-0.2, 0) is 0 Å². The molecule has 3 nitrogen and oxygen atoms in total. The lowest BCUT2D eigenvalue weighted by molar-refractivity contribution is 0.873. The minimum Gasteiger partial charge on any atom is -0.138 e. The fourth-order valence-electron chi connectivity index (χ4n) is 6.36. The van der Waals surface area contributed by atoms with Crippen LogP contribution in [0.25, 0.3) is 77.0 Å². The molecule has 0 fully saturated rings. The quantitative estimate of drug-likeness (QED) is 0.211. The summed E-state index contributed by atoms with van der Waals surface area (Å²) in [6.45, 7) is 0. The topological polar surface area (TPSA) is 38.7 Å². The normalized spacial score (nSPS) is 11.3. The monoisotopic (exact) mass is 535 g/mol. The van der Waals surface area contributed by atoms with E-state index >= 15 is 0 Å². The molecule has 0 amide bonds. The van der Waals surface area contributed by atoms with Gasteiger partial charge in [0.15, 0.2) is 0 Å². The molecule has 3 heteroatoms. The molecule has 0 N–H and O–H groups in total. The van der Waals surface area contributed by atoms with Crippen molar-refractivity contribution in [3.63, 3.8) is 0 Å². The van der Waals surface area contributed by atoms with Gasteiger partial charge in [-0.1, -0.05) is 146 Å². The van der Waals surface area contributed by atoms with Gasteiger partial charge in [0.2, 0.25) is 0 Å². The van der Waals surface area contributed by atoms with E-state index in [1.807, 2.05) is 12.3 Å². The molecule has 0 bridgehead atoms. The first-order valence-corrected chi connectivity index (χ1v) is 14.1. The highest BCUT2D eigenvalue weighted by molar-refractivity contribution is 6.28. The van der Waals surface area contributed by atoms with Crippen molar-refractivity contribution >= 4 is 32.3 Å². The summed E-state index contributed by atoms with van der Waals surface area (Å²) in [5, 5.41) is 20.6. The Labute approximate surface area is 243 Å². The van der Waals surface area contributed by atoms with Gasteiger partial charge in [-0.25, -0.2) is 0 Å². The van der Waals surface area contributed by atoms with Crippen LogP contribution in [0.5, 0.6) is 0 Å². The van der Waals surface area contributed by atoms with Crippen LogP contribution in [0.15, 0.2) is 152 Å². The smallest absolute Gasteiger partial charge is 0.105 e. The van der Waals surface area contributed by atoms with Gasteiger partial charge in [0.25, 0.3) is 0 Å². The Morgan fingerprint density at radius 3 is 1.50 bits per heavy atom. The Morgan fingerprint density at radius 2 is 0.810 bits per heavy atom. The molecular weight excluding hydrogens is 510 g/mol. The van der Waals surface area contributed by atoms with Crippen LogP contribution in [0.2, 0.25) is 0 Å². The highest BCUT2D eigenvalue weighted by atomic mass is 15.3. The summed E-state index contributed by atoms with van der Waals surface area (Å²) in [4.78, 5) is 0. The van der Waals surface area contributed by atoms with Gasteiger partial charge in [-0.15, -0.1) is 10.2 Å². The summed E-state index contributed by atoms with van der Waals surface area (Å²) in [5.74, 6) is 0. The SMILES string of the molecule is c1ccc(-c2ccccc2-c2cnnnc2-c2ccccc2-c2cccc3c4ccccc4c4ccccc4c23)cc1. The van der Waals surface area contributed by atoms with E-state index in [0.717, 1.165) is 39.1 Å². The Hall–Kier alpha value is -5.67. The first-order chi connectivity index (χ1) is 20.9. The number of rotatable bonds is 4. The van der Waals surface area contributed by atoms with Gasteiger partial charge >= 0.3 is 0 Å². The molecule has 0 saturated heterocycles. The molecule has 8 aromatic rings. The molecule has 0 saturated carbocycles. The van der Waals surface area contributed by atoms with Crippen LogP contribution in [0.4, 0.5) is 0 Å². The predicted octanol–water partition coefficient (Wildman–Crippen LogP) is 10.00. The van der Waals surface area contributed by atoms with Crippen molar-refractivity contribution in [2.75, 3.05) is 0 Å². The van der Waals surface area contributed by atoms with Crippen LogP contribution in [0.3, 0.4) is 0 Å². The second-order valence-corrected chi connectivity index (χ2v) is 10.5. The van der Waals surface area contributed by atoms with E-state index in [4.69, 9.17) is 0 Å². The van der Waals surface area contributed by atoms with Crippen LogP contribution in [0, 0.1) is 0 Å². The van der Waals surface area contributed by atoms with E-state index in [9.17, 15) is 0 Å². The van der Waals surface area contributed by atoms with Crippen LogP contribution in [-0.4, -0.2) is 15.4 Å². The fraction of sp³-hybridized carbons (Fsp3) is 0. The largest absolute Gasteiger partial charge is 0.138 e. The van der Waals surface area contributed by atoms with Gasteiger partial charge in [0.1, 0.15) is 5.69 Å². The minimum absolute atomic E-state index is 0.811. The van der Waals surface area contributed by atoms with E-state index in [0.29, 0.717) is 0 Å². The number of aromatic nitrogens is 3. The molecule has 0 radical (unpaired) electrons. The third-order valence-corrected chi connectivity index (χ3v) is 8.18. The van der Waals surface area contributed by atoms with Crippen molar-refractivity contribution < 1.29 is 0 Å². The first kappa shape index (κ1) is 24.2. The van der Waals surface area contributed by atoms with E-state index in [-0.39, 0.29) is 0 Å². The minimum atomic E-state index is 0.811. The summed E-state index contributed by atoms with van der Waals surface area (Å²) >= 11 is 0. The van der Waals surface area contributed by atoms with Gasteiger partial charge in [0, 0.05) is 11.1 Å². The summed E-state index contributed by atoms with van der Waals surface area (Å²) in [6.07, 6.45) is 1.84. The summed E-state index contributed by atoms with van der Waals surface area (Å²) in [5.41, 5.74) is 8.43. The number of hydrogen-bond donors (Lipinski definition) is 0. The van der Waals surface area contributed by atoms with Crippen molar-refractivity contribution in [1.82, 2.24) is 15.4 Å². The summed E-state index contributed by atoms with van der Waals surface area (Å²) in [7, 11) is 0. The number of hydrogen-bond acceptors (Lipinski definition) is 3. The van der Waals surface area contributed by atoms with Gasteiger partial charge in [-0.2, -0.15) is 0 Å². The molecule has 1 aromatic heterocycles. The zero-order valence-corrected chi connectivity index (χ0v) is 22.8. The van der Waals surface area contributed by atoms with Crippen molar-refractivity contribution in [3.8, 4) is 44.6 Å². The average molecular weight is 536 g/mol. The predicted molar refractivity (Wildman–Crippen MR) is 174 cm³/mol. The Balaban J connectivity index is 1.42.